The number of nitrogens with zero attached hydrogens (tertiary/aromatic N) is 1. The third kappa shape index (κ3) is 2.21. The molecule has 0 aliphatic rings. The summed E-state index contributed by atoms with van der Waals surface area (Å²) in [5, 5.41) is 13.7. The highest BCUT2D eigenvalue weighted by molar-refractivity contribution is 9.10. The maximum atomic E-state index is 4.06. The monoisotopic (exact) mass is 307 g/mol. The van der Waals surface area contributed by atoms with Crippen LogP contribution < -0.4 is 5.32 Å². The second-order valence-corrected chi connectivity index (χ2v) is 5.67. The average Bonchev–Trinajstić information content (AvgIpc) is 2.95. The van der Waals surface area contributed by atoms with E-state index in [0.717, 1.165) is 27.6 Å². The second kappa shape index (κ2) is 4.50. The highest BCUT2D eigenvalue weighted by Crippen LogP contribution is 2.27. The number of halogens is 1. The molecular formula is C12H10BrN3S. The van der Waals surface area contributed by atoms with Gasteiger partial charge in [-0.05, 0) is 23.6 Å². The SMILES string of the molecule is Brc1cc(NCc2cccs2)c2cn[nH]c2c1. The maximum absolute atomic E-state index is 4.06. The van der Waals surface area contributed by atoms with Gasteiger partial charge in [0.15, 0.2) is 0 Å². The summed E-state index contributed by atoms with van der Waals surface area (Å²) >= 11 is 5.26. The zero-order valence-electron chi connectivity index (χ0n) is 8.90. The highest BCUT2D eigenvalue weighted by Gasteiger charge is 2.04. The van der Waals surface area contributed by atoms with Gasteiger partial charge < -0.3 is 5.32 Å². The molecule has 2 aromatic heterocycles. The van der Waals surface area contributed by atoms with Gasteiger partial charge in [0.2, 0.25) is 0 Å². The molecule has 3 aromatic rings. The van der Waals surface area contributed by atoms with Crippen molar-refractivity contribution < 1.29 is 0 Å². The van der Waals surface area contributed by atoms with Crippen molar-refractivity contribution in [2.45, 2.75) is 6.54 Å². The number of hydrogen-bond donors (Lipinski definition) is 2. The molecule has 3 rings (SSSR count). The van der Waals surface area contributed by atoms with Gasteiger partial charge in [-0.3, -0.25) is 5.10 Å². The van der Waals surface area contributed by atoms with Crippen LogP contribution in [0.4, 0.5) is 5.69 Å². The average molecular weight is 308 g/mol. The van der Waals surface area contributed by atoms with Gasteiger partial charge in [-0.1, -0.05) is 22.0 Å². The third-order valence-electron chi connectivity index (χ3n) is 2.56. The summed E-state index contributed by atoms with van der Waals surface area (Å²) in [7, 11) is 0. The number of hydrogen-bond acceptors (Lipinski definition) is 3. The van der Waals surface area contributed by atoms with Crippen molar-refractivity contribution in [1.82, 2.24) is 10.2 Å². The van der Waals surface area contributed by atoms with Gasteiger partial charge in [0.25, 0.3) is 0 Å². The van der Waals surface area contributed by atoms with Gasteiger partial charge in [-0.2, -0.15) is 5.10 Å². The Morgan fingerprint density at radius 1 is 1.41 bits per heavy atom. The number of nitrogens with one attached hydrogen (secondary N) is 2. The smallest absolute Gasteiger partial charge is 0.0682 e. The first-order chi connectivity index (χ1) is 8.33. The Bertz CT molecular complexity index is 630. The van der Waals surface area contributed by atoms with E-state index in [1.54, 1.807) is 11.3 Å². The number of aromatic amines is 1. The lowest BCUT2D eigenvalue weighted by molar-refractivity contribution is 1.12. The molecule has 5 heteroatoms. The number of thiophene rings is 1. The summed E-state index contributed by atoms with van der Waals surface area (Å²) in [5.41, 5.74) is 2.13. The van der Waals surface area contributed by atoms with Crippen LogP contribution in [-0.4, -0.2) is 10.2 Å². The van der Waals surface area contributed by atoms with E-state index in [1.807, 2.05) is 12.3 Å². The van der Waals surface area contributed by atoms with Gasteiger partial charge in [-0.25, -0.2) is 0 Å². The van der Waals surface area contributed by atoms with Crippen LogP contribution >= 0.6 is 27.3 Å². The summed E-state index contributed by atoms with van der Waals surface area (Å²) in [4.78, 5) is 1.32. The van der Waals surface area contributed by atoms with E-state index in [2.05, 4.69) is 55.0 Å². The van der Waals surface area contributed by atoms with Crippen LogP contribution in [-0.2, 0) is 6.54 Å². The Morgan fingerprint density at radius 3 is 3.18 bits per heavy atom. The first-order valence-corrected chi connectivity index (χ1v) is 6.89. The summed E-state index contributed by atoms with van der Waals surface area (Å²) in [5.74, 6) is 0. The Balaban J connectivity index is 1.91. The fourth-order valence-corrected chi connectivity index (χ4v) is 2.86. The fraction of sp³-hybridized carbons (Fsp3) is 0.0833. The van der Waals surface area contributed by atoms with Crippen molar-refractivity contribution in [3.63, 3.8) is 0 Å². The lowest BCUT2D eigenvalue weighted by Gasteiger charge is -2.06. The van der Waals surface area contributed by atoms with Crippen molar-refractivity contribution in [2.24, 2.45) is 0 Å². The van der Waals surface area contributed by atoms with Crippen LogP contribution in [0.2, 0.25) is 0 Å². The highest BCUT2D eigenvalue weighted by atomic mass is 79.9. The van der Waals surface area contributed by atoms with Gasteiger partial charge in [-0.15, -0.1) is 11.3 Å². The summed E-state index contributed by atoms with van der Waals surface area (Å²) in [6, 6.07) is 8.29. The van der Waals surface area contributed by atoms with E-state index in [4.69, 9.17) is 0 Å². The molecule has 0 unspecified atom stereocenters. The van der Waals surface area contributed by atoms with Gasteiger partial charge in [0.05, 0.1) is 11.7 Å². The molecule has 0 radical (unpaired) electrons. The number of benzene rings is 1. The van der Waals surface area contributed by atoms with Gasteiger partial charge >= 0.3 is 0 Å². The van der Waals surface area contributed by atoms with Crippen molar-refractivity contribution >= 4 is 43.9 Å². The van der Waals surface area contributed by atoms with Crippen molar-refractivity contribution in [3.05, 3.63) is 45.2 Å². The van der Waals surface area contributed by atoms with Crippen LogP contribution in [0.1, 0.15) is 4.88 Å². The molecule has 0 aliphatic heterocycles. The standard InChI is InChI=1S/C12H10BrN3S/c13-8-4-11(10-7-15-16-12(10)5-8)14-6-9-2-1-3-17-9/h1-5,7,14H,6H2,(H,15,16). The van der Waals surface area contributed by atoms with Gasteiger partial charge in [0.1, 0.15) is 0 Å². The van der Waals surface area contributed by atoms with E-state index in [-0.39, 0.29) is 0 Å². The van der Waals surface area contributed by atoms with E-state index in [9.17, 15) is 0 Å². The number of fused-ring (bicyclic) bond motifs is 1. The van der Waals surface area contributed by atoms with Crippen LogP contribution in [0, 0.1) is 0 Å². The molecule has 1 aromatic carbocycles. The number of rotatable bonds is 3. The van der Waals surface area contributed by atoms with Crippen molar-refractivity contribution in [2.75, 3.05) is 5.32 Å². The predicted octanol–water partition coefficient (Wildman–Crippen LogP) is 4.00. The Hall–Kier alpha value is -1.33. The Kier molecular flexibility index (Phi) is 2.86. The molecule has 0 saturated heterocycles. The molecule has 3 nitrogen and oxygen atoms in total. The molecular weight excluding hydrogens is 298 g/mol. The molecule has 0 spiro atoms. The van der Waals surface area contributed by atoms with Crippen LogP contribution in [0.15, 0.2) is 40.3 Å². The first-order valence-electron chi connectivity index (χ1n) is 5.22. The predicted molar refractivity (Wildman–Crippen MR) is 75.4 cm³/mol. The lowest BCUT2D eigenvalue weighted by atomic mass is 10.2. The minimum atomic E-state index is 0.842. The minimum absolute atomic E-state index is 0.842. The molecule has 0 fully saturated rings. The number of H-pyrrole nitrogens is 1. The van der Waals surface area contributed by atoms with E-state index < -0.39 is 0 Å². The molecule has 0 bridgehead atoms. The fourth-order valence-electron chi connectivity index (χ4n) is 1.76. The van der Waals surface area contributed by atoms with Crippen LogP contribution in [0.25, 0.3) is 10.9 Å². The Morgan fingerprint density at radius 2 is 2.35 bits per heavy atom. The minimum Gasteiger partial charge on any atom is -0.380 e. The zero-order valence-corrected chi connectivity index (χ0v) is 11.3. The number of anilines is 1. The molecule has 2 N–H and O–H groups in total. The van der Waals surface area contributed by atoms with Crippen LogP contribution in [0.5, 0.6) is 0 Å². The maximum Gasteiger partial charge on any atom is 0.0682 e. The molecule has 0 saturated carbocycles. The molecule has 0 atom stereocenters. The normalized spacial score (nSPS) is 10.9. The van der Waals surface area contributed by atoms with E-state index in [0.29, 0.717) is 0 Å². The molecule has 86 valence electrons. The quantitative estimate of drug-likeness (QED) is 0.768. The molecule has 2 heterocycles. The summed E-state index contributed by atoms with van der Waals surface area (Å²) in [6.45, 7) is 0.842. The molecule has 0 aliphatic carbocycles. The summed E-state index contributed by atoms with van der Waals surface area (Å²) < 4.78 is 1.04. The second-order valence-electron chi connectivity index (χ2n) is 3.72. The van der Waals surface area contributed by atoms with E-state index >= 15 is 0 Å². The van der Waals surface area contributed by atoms with Gasteiger partial charge in [0, 0.05) is 27.0 Å². The van der Waals surface area contributed by atoms with Crippen molar-refractivity contribution in [1.29, 1.82) is 0 Å². The Labute approximate surface area is 111 Å². The molecule has 17 heavy (non-hydrogen) atoms. The lowest BCUT2D eigenvalue weighted by Crippen LogP contribution is -1.97. The van der Waals surface area contributed by atoms with Crippen LogP contribution in [0.3, 0.4) is 0 Å². The van der Waals surface area contributed by atoms with Crippen molar-refractivity contribution in [3.8, 4) is 0 Å². The zero-order chi connectivity index (χ0) is 11.7. The third-order valence-corrected chi connectivity index (χ3v) is 3.89. The largest absolute Gasteiger partial charge is 0.380 e. The van der Waals surface area contributed by atoms with E-state index in [1.165, 1.54) is 4.88 Å². The summed E-state index contributed by atoms with van der Waals surface area (Å²) in [6.07, 6.45) is 1.85. The number of aromatic nitrogens is 2. The molecule has 0 amide bonds. The first kappa shape index (κ1) is 10.8. The topological polar surface area (TPSA) is 40.7 Å².